The first-order valence-electron chi connectivity index (χ1n) is 4.64. The Kier molecular flexibility index (Phi) is 4.78. The molecule has 0 aromatic rings. The van der Waals surface area contributed by atoms with Crippen molar-refractivity contribution in [3.8, 4) is 0 Å². The average molecular weight is 183 g/mol. The summed E-state index contributed by atoms with van der Waals surface area (Å²) in [5, 5.41) is 0. The van der Waals surface area contributed by atoms with Gasteiger partial charge in [-0.2, -0.15) is 0 Å². The van der Waals surface area contributed by atoms with Gasteiger partial charge in [-0.1, -0.05) is 33.4 Å². The van der Waals surface area contributed by atoms with Crippen molar-refractivity contribution in [1.29, 1.82) is 0 Å². The van der Waals surface area contributed by atoms with Crippen LogP contribution in [0.1, 0.15) is 27.7 Å². The smallest absolute Gasteiger partial charge is 0.113 e. The van der Waals surface area contributed by atoms with Crippen molar-refractivity contribution in [3.05, 3.63) is 24.5 Å². The summed E-state index contributed by atoms with van der Waals surface area (Å²) in [7, 11) is 0. The van der Waals surface area contributed by atoms with Crippen LogP contribution in [0.2, 0.25) is 0 Å². The molecule has 0 unspecified atom stereocenters. The number of nitrogens with two attached hydrogens (primary N) is 1. The van der Waals surface area contributed by atoms with E-state index in [1.807, 2.05) is 13.0 Å². The maximum absolute atomic E-state index is 6.03. The Hall–Kier alpha value is -0.760. The van der Waals surface area contributed by atoms with E-state index in [2.05, 4.69) is 27.4 Å². The molecule has 0 aromatic heterocycles. The number of ether oxygens (including phenoxy) is 1. The van der Waals surface area contributed by atoms with Crippen LogP contribution in [0.4, 0.5) is 0 Å². The Balaban J connectivity index is 4.55. The van der Waals surface area contributed by atoms with Crippen LogP contribution in [0.15, 0.2) is 24.5 Å². The third-order valence-corrected chi connectivity index (χ3v) is 1.83. The highest BCUT2D eigenvalue weighted by Gasteiger charge is 2.24. The fraction of sp³-hybridized carbons (Fsp3) is 0.636. The molecule has 0 aliphatic carbocycles. The number of hydrogen-bond acceptors (Lipinski definition) is 2. The molecule has 2 heteroatoms. The van der Waals surface area contributed by atoms with Crippen molar-refractivity contribution in [2.45, 2.75) is 33.7 Å². The first-order valence-corrected chi connectivity index (χ1v) is 4.64. The Morgan fingerprint density at radius 1 is 1.54 bits per heavy atom. The van der Waals surface area contributed by atoms with Gasteiger partial charge < -0.3 is 10.5 Å². The van der Waals surface area contributed by atoms with Crippen LogP contribution in [0, 0.1) is 5.41 Å². The Labute approximate surface area is 81.5 Å². The molecule has 0 aromatic carbocycles. The Bertz CT molecular complexity index is 189. The van der Waals surface area contributed by atoms with E-state index in [4.69, 9.17) is 10.5 Å². The lowest BCUT2D eigenvalue weighted by molar-refractivity contribution is 0.173. The molecule has 0 aliphatic heterocycles. The Morgan fingerprint density at radius 2 is 2.08 bits per heavy atom. The van der Waals surface area contributed by atoms with Gasteiger partial charge in [0.1, 0.15) is 5.76 Å². The largest absolute Gasteiger partial charge is 0.497 e. The maximum Gasteiger partial charge on any atom is 0.113 e. The maximum atomic E-state index is 6.03. The fourth-order valence-corrected chi connectivity index (χ4v) is 0.951. The summed E-state index contributed by atoms with van der Waals surface area (Å²) in [6, 6.07) is -0.0783. The molecule has 13 heavy (non-hydrogen) atoms. The van der Waals surface area contributed by atoms with Crippen LogP contribution in [-0.2, 0) is 4.74 Å². The molecule has 0 aliphatic rings. The van der Waals surface area contributed by atoms with E-state index in [9.17, 15) is 0 Å². The van der Waals surface area contributed by atoms with Crippen LogP contribution >= 0.6 is 0 Å². The minimum Gasteiger partial charge on any atom is -0.497 e. The molecular weight excluding hydrogens is 162 g/mol. The quantitative estimate of drug-likeness (QED) is 0.537. The molecule has 0 saturated heterocycles. The highest BCUT2D eigenvalue weighted by atomic mass is 16.5. The summed E-state index contributed by atoms with van der Waals surface area (Å²) in [6.45, 7) is 12.5. The van der Waals surface area contributed by atoms with Gasteiger partial charge in [0.15, 0.2) is 0 Å². The zero-order valence-corrected chi connectivity index (χ0v) is 9.13. The van der Waals surface area contributed by atoms with Gasteiger partial charge in [0.2, 0.25) is 0 Å². The summed E-state index contributed by atoms with van der Waals surface area (Å²) >= 11 is 0. The summed E-state index contributed by atoms with van der Waals surface area (Å²) in [4.78, 5) is 0. The van der Waals surface area contributed by atoms with E-state index in [0.717, 1.165) is 5.76 Å². The number of hydrogen-bond donors (Lipinski definition) is 1. The van der Waals surface area contributed by atoms with Gasteiger partial charge in [-0.3, -0.25) is 0 Å². The second-order valence-electron chi connectivity index (χ2n) is 4.08. The predicted molar refractivity (Wildman–Crippen MR) is 57.3 cm³/mol. The molecule has 0 heterocycles. The second-order valence-corrected chi connectivity index (χ2v) is 4.08. The summed E-state index contributed by atoms with van der Waals surface area (Å²) in [6.07, 6.45) is 3.54. The lowest BCUT2D eigenvalue weighted by Crippen LogP contribution is -2.37. The topological polar surface area (TPSA) is 35.2 Å². The SMILES string of the molecule is C=C/C=C(/OCC)[C@H](N)C(C)(C)C. The molecule has 0 rings (SSSR count). The van der Waals surface area contributed by atoms with Gasteiger partial charge in [0, 0.05) is 0 Å². The van der Waals surface area contributed by atoms with Gasteiger partial charge in [-0.25, -0.2) is 0 Å². The summed E-state index contributed by atoms with van der Waals surface area (Å²) in [5.41, 5.74) is 6.04. The first-order chi connectivity index (χ1) is 5.93. The van der Waals surface area contributed by atoms with Crippen molar-refractivity contribution < 1.29 is 4.74 Å². The highest BCUT2D eigenvalue weighted by molar-refractivity contribution is 5.12. The van der Waals surface area contributed by atoms with Gasteiger partial charge in [0.25, 0.3) is 0 Å². The molecule has 1 atom stereocenters. The molecule has 0 fully saturated rings. The third kappa shape index (κ3) is 4.13. The minimum atomic E-state index is -0.0783. The Morgan fingerprint density at radius 3 is 2.38 bits per heavy atom. The van der Waals surface area contributed by atoms with Crippen LogP contribution in [0.5, 0.6) is 0 Å². The van der Waals surface area contributed by atoms with Crippen molar-refractivity contribution in [2.24, 2.45) is 11.1 Å². The number of rotatable bonds is 4. The summed E-state index contributed by atoms with van der Waals surface area (Å²) in [5.74, 6) is 0.810. The van der Waals surface area contributed by atoms with E-state index in [-0.39, 0.29) is 11.5 Å². The normalized spacial score (nSPS) is 15.3. The zero-order chi connectivity index (χ0) is 10.5. The monoisotopic (exact) mass is 183 g/mol. The molecule has 0 saturated carbocycles. The van der Waals surface area contributed by atoms with E-state index in [1.54, 1.807) is 6.08 Å². The van der Waals surface area contributed by atoms with Crippen molar-refractivity contribution in [2.75, 3.05) is 6.61 Å². The molecule has 0 amide bonds. The fourth-order valence-electron chi connectivity index (χ4n) is 0.951. The number of allylic oxidation sites excluding steroid dienone is 2. The highest BCUT2D eigenvalue weighted by Crippen LogP contribution is 2.23. The predicted octanol–water partition coefficient (Wildman–Crippen LogP) is 2.47. The molecule has 2 N–H and O–H groups in total. The molecule has 2 nitrogen and oxygen atoms in total. The first kappa shape index (κ1) is 12.2. The molecular formula is C11H21NO. The minimum absolute atomic E-state index is 0.0179. The average Bonchev–Trinajstić information content (AvgIpc) is 2.01. The molecule has 0 spiro atoms. The lowest BCUT2D eigenvalue weighted by atomic mass is 9.86. The third-order valence-electron chi connectivity index (χ3n) is 1.83. The van der Waals surface area contributed by atoms with Crippen LogP contribution in [0.3, 0.4) is 0 Å². The summed E-state index contributed by atoms with van der Waals surface area (Å²) < 4.78 is 5.44. The van der Waals surface area contributed by atoms with Gasteiger partial charge in [0.05, 0.1) is 12.6 Å². The molecule has 76 valence electrons. The van der Waals surface area contributed by atoms with Crippen molar-refractivity contribution in [1.82, 2.24) is 0 Å². The van der Waals surface area contributed by atoms with Gasteiger partial charge >= 0.3 is 0 Å². The molecule has 0 radical (unpaired) electrons. The van der Waals surface area contributed by atoms with Crippen molar-refractivity contribution in [3.63, 3.8) is 0 Å². The standard InChI is InChI=1S/C11H21NO/c1-6-8-9(13-7-2)10(12)11(3,4)5/h6,8,10H,1,7,12H2,2-5H3/b9-8+/t10-/m0/s1. The zero-order valence-electron chi connectivity index (χ0n) is 9.13. The van der Waals surface area contributed by atoms with Crippen LogP contribution in [0.25, 0.3) is 0 Å². The van der Waals surface area contributed by atoms with E-state index < -0.39 is 0 Å². The van der Waals surface area contributed by atoms with Crippen LogP contribution < -0.4 is 5.73 Å². The van der Waals surface area contributed by atoms with E-state index in [0.29, 0.717) is 6.61 Å². The van der Waals surface area contributed by atoms with Crippen LogP contribution in [-0.4, -0.2) is 12.6 Å². The van der Waals surface area contributed by atoms with Gasteiger partial charge in [-0.15, -0.1) is 0 Å². The molecule has 0 bridgehead atoms. The lowest BCUT2D eigenvalue weighted by Gasteiger charge is -2.28. The second kappa shape index (κ2) is 5.07. The van der Waals surface area contributed by atoms with Crippen molar-refractivity contribution >= 4 is 0 Å². The van der Waals surface area contributed by atoms with E-state index in [1.165, 1.54) is 0 Å². The van der Waals surface area contributed by atoms with E-state index >= 15 is 0 Å². The van der Waals surface area contributed by atoms with Gasteiger partial charge in [-0.05, 0) is 18.4 Å².